The van der Waals surface area contributed by atoms with Gasteiger partial charge in [-0.2, -0.15) is 10.2 Å². The summed E-state index contributed by atoms with van der Waals surface area (Å²) in [6, 6.07) is 5.98. The molecule has 0 bridgehead atoms. The van der Waals surface area contributed by atoms with E-state index < -0.39 is 17.9 Å². The van der Waals surface area contributed by atoms with Gasteiger partial charge >= 0.3 is 5.97 Å². The molecule has 2 aromatic heterocycles. The third-order valence-corrected chi connectivity index (χ3v) is 5.12. The van der Waals surface area contributed by atoms with Crippen molar-refractivity contribution in [2.24, 2.45) is 0 Å². The van der Waals surface area contributed by atoms with Gasteiger partial charge in [-0.15, -0.1) is 0 Å². The first-order valence-corrected chi connectivity index (χ1v) is 9.57. The fraction of sp³-hybridized carbons (Fsp3) is 0.300. The molecule has 0 aliphatic rings. The summed E-state index contributed by atoms with van der Waals surface area (Å²) in [6.45, 7) is 7.13. The number of anilines is 1. The van der Waals surface area contributed by atoms with Gasteiger partial charge in [0, 0.05) is 11.2 Å². The van der Waals surface area contributed by atoms with Crippen molar-refractivity contribution >= 4 is 29.2 Å². The molecular weight excluding hydrogens is 410 g/mol. The zero-order valence-corrected chi connectivity index (χ0v) is 17.8. The summed E-state index contributed by atoms with van der Waals surface area (Å²) in [5.74, 6) is -0.826. The second-order valence-electron chi connectivity index (χ2n) is 6.88. The summed E-state index contributed by atoms with van der Waals surface area (Å²) in [5.41, 5.74) is 2.91. The van der Waals surface area contributed by atoms with Gasteiger partial charge < -0.3 is 15.2 Å². The lowest BCUT2D eigenvalue weighted by molar-refractivity contribution is -0.140. The first kappa shape index (κ1) is 21.4. The number of nitrogens with one attached hydrogen (secondary N) is 1. The van der Waals surface area contributed by atoms with Crippen LogP contribution < -0.4 is 10.1 Å². The van der Waals surface area contributed by atoms with E-state index in [-0.39, 0.29) is 12.4 Å². The van der Waals surface area contributed by atoms with Crippen molar-refractivity contribution < 1.29 is 19.4 Å². The van der Waals surface area contributed by atoms with Crippen LogP contribution in [0.25, 0.3) is 0 Å². The van der Waals surface area contributed by atoms with E-state index in [1.54, 1.807) is 23.7 Å². The number of carbonyl (C=O) groups is 2. The minimum Gasteiger partial charge on any atom is -0.480 e. The van der Waals surface area contributed by atoms with Gasteiger partial charge in [0.2, 0.25) is 0 Å². The smallest absolute Gasteiger partial charge is 0.328 e. The average molecular weight is 432 g/mol. The monoisotopic (exact) mass is 431 g/mol. The molecule has 0 spiro atoms. The Balaban J connectivity index is 1.71. The number of carboxylic acid groups (broad SMARTS) is 1. The highest BCUT2D eigenvalue weighted by molar-refractivity contribution is 6.31. The number of hydrogen-bond acceptors (Lipinski definition) is 5. The summed E-state index contributed by atoms with van der Waals surface area (Å²) in [5, 5.41) is 21.0. The molecule has 3 rings (SSSR count). The van der Waals surface area contributed by atoms with Gasteiger partial charge in [-0.25, -0.2) is 9.48 Å². The summed E-state index contributed by atoms with van der Waals surface area (Å²) in [6.07, 6.45) is 1.46. The number of ether oxygens (including phenoxy) is 1. The molecule has 30 heavy (non-hydrogen) atoms. The number of halogens is 1. The van der Waals surface area contributed by atoms with E-state index in [4.69, 9.17) is 21.4 Å². The molecule has 1 aromatic carbocycles. The van der Waals surface area contributed by atoms with Crippen LogP contribution in [0.15, 0.2) is 30.5 Å². The number of aliphatic carboxylic acids is 1. The maximum absolute atomic E-state index is 12.6. The van der Waals surface area contributed by atoms with Crippen LogP contribution in [0, 0.1) is 20.8 Å². The molecule has 1 amide bonds. The molecule has 9 nitrogen and oxygen atoms in total. The Labute approximate surface area is 178 Å². The van der Waals surface area contributed by atoms with Crippen LogP contribution in [0.2, 0.25) is 5.02 Å². The molecule has 1 atom stereocenters. The van der Waals surface area contributed by atoms with Crippen molar-refractivity contribution in [1.29, 1.82) is 0 Å². The molecule has 2 N–H and O–H groups in total. The fourth-order valence-corrected chi connectivity index (χ4v) is 2.93. The second-order valence-corrected chi connectivity index (χ2v) is 7.29. The Bertz CT molecular complexity index is 1100. The van der Waals surface area contributed by atoms with E-state index in [1.807, 2.05) is 19.9 Å². The lowest BCUT2D eigenvalue weighted by atomic mass is 10.2. The zero-order valence-electron chi connectivity index (χ0n) is 17.0. The summed E-state index contributed by atoms with van der Waals surface area (Å²) < 4.78 is 8.64. The summed E-state index contributed by atoms with van der Waals surface area (Å²) in [7, 11) is 0. The van der Waals surface area contributed by atoms with Crippen molar-refractivity contribution in [3.63, 3.8) is 0 Å². The summed E-state index contributed by atoms with van der Waals surface area (Å²) in [4.78, 5) is 23.6. The Morgan fingerprint density at radius 1 is 1.23 bits per heavy atom. The van der Waals surface area contributed by atoms with E-state index in [1.165, 1.54) is 23.9 Å². The van der Waals surface area contributed by atoms with Gasteiger partial charge in [0.1, 0.15) is 11.8 Å². The third kappa shape index (κ3) is 4.46. The number of nitrogens with zero attached hydrogens (tertiary/aromatic N) is 4. The third-order valence-electron chi connectivity index (χ3n) is 4.70. The van der Waals surface area contributed by atoms with Gasteiger partial charge in [0.25, 0.3) is 5.91 Å². The quantitative estimate of drug-likeness (QED) is 0.591. The predicted molar refractivity (Wildman–Crippen MR) is 111 cm³/mol. The number of amides is 1. The Kier molecular flexibility index (Phi) is 6.12. The normalized spacial score (nSPS) is 11.9. The zero-order chi connectivity index (χ0) is 22.0. The first-order chi connectivity index (χ1) is 14.2. The maximum atomic E-state index is 12.6. The molecule has 0 radical (unpaired) electrons. The molecule has 2 heterocycles. The Hall–Kier alpha value is -3.33. The number of hydrogen-bond donors (Lipinski definition) is 2. The molecule has 0 fully saturated rings. The van der Waals surface area contributed by atoms with Gasteiger partial charge in [-0.1, -0.05) is 11.6 Å². The van der Waals surface area contributed by atoms with Crippen molar-refractivity contribution in [3.05, 3.63) is 58.1 Å². The number of aromatic nitrogens is 4. The van der Waals surface area contributed by atoms with Gasteiger partial charge in [0.05, 0.1) is 17.1 Å². The standard InChI is InChI=1S/C20H22ClN5O4/c1-11-9-15(5-6-16(11)21)30-10-26-13(3)18(12(2)23-26)22-19(27)17-7-8-25(24-17)14(4)20(28)29/h5-9,14H,10H2,1-4H3,(H,22,27)(H,28,29). The van der Waals surface area contributed by atoms with Gasteiger partial charge in [-0.3, -0.25) is 9.48 Å². The maximum Gasteiger partial charge on any atom is 0.328 e. The lowest BCUT2D eigenvalue weighted by Gasteiger charge is -2.10. The Morgan fingerprint density at radius 3 is 2.63 bits per heavy atom. The molecule has 0 aliphatic carbocycles. The van der Waals surface area contributed by atoms with Crippen molar-refractivity contribution in [1.82, 2.24) is 19.6 Å². The van der Waals surface area contributed by atoms with Crippen LogP contribution in [0.5, 0.6) is 5.75 Å². The first-order valence-electron chi connectivity index (χ1n) is 9.19. The molecule has 0 saturated carbocycles. The number of carbonyl (C=O) groups excluding carboxylic acids is 1. The van der Waals surface area contributed by atoms with Gasteiger partial charge in [0.15, 0.2) is 12.4 Å². The molecule has 3 aromatic rings. The van der Waals surface area contributed by atoms with Crippen molar-refractivity contribution in [3.8, 4) is 5.75 Å². The number of aryl methyl sites for hydroxylation is 2. The van der Waals surface area contributed by atoms with Crippen molar-refractivity contribution in [2.45, 2.75) is 40.5 Å². The van der Waals surface area contributed by atoms with Crippen LogP contribution in [-0.2, 0) is 11.5 Å². The van der Waals surface area contributed by atoms with E-state index in [2.05, 4.69) is 15.5 Å². The highest BCUT2D eigenvalue weighted by Gasteiger charge is 2.19. The van der Waals surface area contributed by atoms with E-state index in [9.17, 15) is 9.59 Å². The van der Waals surface area contributed by atoms with Crippen LogP contribution in [0.4, 0.5) is 5.69 Å². The fourth-order valence-electron chi connectivity index (χ4n) is 2.81. The van der Waals surface area contributed by atoms with E-state index >= 15 is 0 Å². The molecule has 10 heteroatoms. The number of carboxylic acids is 1. The molecular formula is C20H22ClN5O4. The highest BCUT2D eigenvalue weighted by Crippen LogP contribution is 2.23. The summed E-state index contributed by atoms with van der Waals surface area (Å²) >= 11 is 6.03. The van der Waals surface area contributed by atoms with Crippen LogP contribution in [-0.4, -0.2) is 36.5 Å². The molecule has 158 valence electrons. The largest absolute Gasteiger partial charge is 0.480 e. The molecule has 0 saturated heterocycles. The number of rotatable bonds is 7. The van der Waals surface area contributed by atoms with E-state index in [0.29, 0.717) is 27.8 Å². The minimum atomic E-state index is -1.03. The second kappa shape index (κ2) is 8.58. The van der Waals surface area contributed by atoms with Gasteiger partial charge in [-0.05, 0) is 57.5 Å². The number of benzene rings is 1. The topological polar surface area (TPSA) is 111 Å². The highest BCUT2D eigenvalue weighted by atomic mass is 35.5. The SMILES string of the molecule is Cc1cc(OCn2nc(C)c(NC(=O)c3ccn(C(C)C(=O)O)n3)c2C)ccc1Cl. The molecule has 1 unspecified atom stereocenters. The van der Waals surface area contributed by atoms with Crippen LogP contribution >= 0.6 is 11.6 Å². The predicted octanol–water partition coefficient (Wildman–Crippen LogP) is 3.59. The van der Waals surface area contributed by atoms with Crippen LogP contribution in [0.1, 0.15) is 40.4 Å². The Morgan fingerprint density at radius 2 is 1.97 bits per heavy atom. The molecule has 0 aliphatic heterocycles. The minimum absolute atomic E-state index is 0.113. The lowest BCUT2D eigenvalue weighted by Crippen LogP contribution is -2.18. The van der Waals surface area contributed by atoms with Crippen molar-refractivity contribution in [2.75, 3.05) is 5.32 Å². The van der Waals surface area contributed by atoms with Crippen LogP contribution in [0.3, 0.4) is 0 Å². The van der Waals surface area contributed by atoms with E-state index in [0.717, 1.165) is 5.56 Å². The average Bonchev–Trinajstić information content (AvgIpc) is 3.29.